The maximum atomic E-state index is 13.6. The molecular formula is C30H39N5O2S2. The molecule has 2 aromatic carbocycles. The number of benzene rings is 2. The number of thioether (sulfide) groups is 1. The van der Waals surface area contributed by atoms with E-state index in [2.05, 4.69) is 37.9 Å². The molecule has 1 saturated carbocycles. The Hall–Kier alpha value is -2.20. The highest BCUT2D eigenvalue weighted by atomic mass is 32.2. The summed E-state index contributed by atoms with van der Waals surface area (Å²) in [7, 11) is -1.42. The van der Waals surface area contributed by atoms with E-state index >= 15 is 0 Å². The van der Waals surface area contributed by atoms with Crippen molar-refractivity contribution in [2.24, 2.45) is 18.9 Å². The van der Waals surface area contributed by atoms with Gasteiger partial charge in [0.1, 0.15) is 0 Å². The molecule has 9 heteroatoms. The lowest BCUT2D eigenvalue weighted by molar-refractivity contribution is 0.136. The summed E-state index contributed by atoms with van der Waals surface area (Å²) in [5, 5.41) is 9.73. The molecule has 0 spiro atoms. The fraction of sp³-hybridized carbons (Fsp3) is 0.533. The molecular weight excluding hydrogens is 526 g/mol. The van der Waals surface area contributed by atoms with Crippen LogP contribution in [-0.2, 0) is 30.0 Å². The molecule has 3 heterocycles. The van der Waals surface area contributed by atoms with E-state index in [1.54, 1.807) is 16.1 Å². The van der Waals surface area contributed by atoms with Gasteiger partial charge in [-0.05, 0) is 67.3 Å². The topological polar surface area (TPSA) is 71.3 Å². The molecule has 1 aromatic heterocycles. The molecule has 3 aromatic rings. The van der Waals surface area contributed by atoms with Crippen molar-refractivity contribution >= 4 is 21.8 Å². The summed E-state index contributed by atoms with van der Waals surface area (Å²) in [5.41, 5.74) is 3.53. The van der Waals surface area contributed by atoms with Crippen molar-refractivity contribution in [3.63, 3.8) is 0 Å². The minimum absolute atomic E-state index is 0.476. The maximum absolute atomic E-state index is 13.6. The zero-order chi connectivity index (χ0) is 26.8. The highest BCUT2D eigenvalue weighted by Crippen LogP contribution is 2.38. The van der Waals surface area contributed by atoms with Crippen LogP contribution in [-0.4, -0.2) is 64.3 Å². The van der Waals surface area contributed by atoms with E-state index in [0.717, 1.165) is 67.1 Å². The Morgan fingerprint density at radius 2 is 1.77 bits per heavy atom. The summed E-state index contributed by atoms with van der Waals surface area (Å²) in [4.78, 5) is 2.93. The number of hydrogen-bond donors (Lipinski definition) is 0. The first kappa shape index (κ1) is 27.0. The lowest BCUT2D eigenvalue weighted by atomic mass is 9.76. The molecule has 2 fully saturated rings. The van der Waals surface area contributed by atoms with Gasteiger partial charge in [-0.1, -0.05) is 67.4 Å². The van der Waals surface area contributed by atoms with Crippen LogP contribution >= 0.6 is 11.8 Å². The molecule has 7 nitrogen and oxygen atoms in total. The van der Waals surface area contributed by atoms with Gasteiger partial charge in [0.05, 0.1) is 4.90 Å². The predicted octanol–water partition coefficient (Wildman–Crippen LogP) is 5.22. The van der Waals surface area contributed by atoms with E-state index in [0.29, 0.717) is 23.9 Å². The molecule has 0 amide bonds. The third-order valence-electron chi connectivity index (χ3n) is 8.88. The summed E-state index contributed by atoms with van der Waals surface area (Å²) < 4.78 is 31.0. The van der Waals surface area contributed by atoms with E-state index in [4.69, 9.17) is 0 Å². The van der Waals surface area contributed by atoms with Crippen LogP contribution in [0.5, 0.6) is 0 Å². The van der Waals surface area contributed by atoms with Crippen LogP contribution < -0.4 is 0 Å². The monoisotopic (exact) mass is 565 g/mol. The average Bonchev–Trinajstić information content (AvgIpc) is 3.34. The van der Waals surface area contributed by atoms with E-state index in [1.807, 2.05) is 37.4 Å². The molecule has 6 rings (SSSR count). The first-order valence-electron chi connectivity index (χ1n) is 14.4. The fourth-order valence-electron chi connectivity index (χ4n) is 6.61. The summed E-state index contributed by atoms with van der Waals surface area (Å²) in [6, 6.07) is 16.0. The fourth-order valence-corrected chi connectivity index (χ4v) is 9.01. The van der Waals surface area contributed by atoms with E-state index < -0.39 is 10.0 Å². The Kier molecular flexibility index (Phi) is 8.12. The Bertz CT molecular complexity index is 1390. The molecule has 1 aliphatic carbocycles. The van der Waals surface area contributed by atoms with Crippen molar-refractivity contribution in [3.05, 3.63) is 59.7 Å². The van der Waals surface area contributed by atoms with Gasteiger partial charge in [-0.15, -0.1) is 10.2 Å². The van der Waals surface area contributed by atoms with Crippen LogP contribution in [0, 0.1) is 11.8 Å². The third kappa shape index (κ3) is 5.82. The highest BCUT2D eigenvalue weighted by molar-refractivity contribution is 7.99. The van der Waals surface area contributed by atoms with Crippen LogP contribution in [0.3, 0.4) is 0 Å². The van der Waals surface area contributed by atoms with Crippen molar-refractivity contribution in [1.82, 2.24) is 24.0 Å². The number of sulfonamides is 1. The molecule has 2 unspecified atom stereocenters. The first-order chi connectivity index (χ1) is 19.0. The van der Waals surface area contributed by atoms with Crippen molar-refractivity contribution in [1.29, 1.82) is 0 Å². The number of aromatic nitrogens is 3. The van der Waals surface area contributed by atoms with Gasteiger partial charge < -0.3 is 4.57 Å². The summed E-state index contributed by atoms with van der Waals surface area (Å²) in [5.74, 6) is 3.12. The Morgan fingerprint density at radius 1 is 0.949 bits per heavy atom. The molecule has 3 aliphatic rings. The Balaban J connectivity index is 1.04. The molecule has 0 bridgehead atoms. The van der Waals surface area contributed by atoms with Crippen molar-refractivity contribution in [3.8, 4) is 11.4 Å². The lowest BCUT2D eigenvalue weighted by Gasteiger charge is -2.40. The van der Waals surface area contributed by atoms with Gasteiger partial charge in [0.25, 0.3) is 0 Å². The Labute approximate surface area is 237 Å². The second-order valence-corrected chi connectivity index (χ2v) is 14.3. The zero-order valence-electron chi connectivity index (χ0n) is 22.8. The van der Waals surface area contributed by atoms with Crippen LogP contribution in [0.1, 0.15) is 49.7 Å². The second-order valence-electron chi connectivity index (χ2n) is 11.3. The SMILES string of the molecule is Cn1c(SCCCN2CCc3ccc(S(=O)(=O)N4CCC5CCCCC5C4)cc3C2)nnc1-c1ccccc1. The van der Waals surface area contributed by atoms with Gasteiger partial charge in [-0.3, -0.25) is 4.90 Å². The normalized spacial score (nSPS) is 22.4. The van der Waals surface area contributed by atoms with Gasteiger partial charge in [-0.25, -0.2) is 8.42 Å². The molecule has 0 radical (unpaired) electrons. The van der Waals surface area contributed by atoms with Crippen molar-refractivity contribution < 1.29 is 8.42 Å². The molecule has 208 valence electrons. The summed E-state index contributed by atoms with van der Waals surface area (Å²) in [6.07, 6.45) is 8.04. The standard InChI is InChI=1S/C30H39N5O2S2/c1-33-29(25-9-3-2-4-10-25)31-32-30(33)38-19-7-16-34-17-14-24-12-13-28(20-27(24)21-34)39(36,37)35-18-15-23-8-5-6-11-26(23)22-35/h2-4,9-10,12-13,20,23,26H,5-8,11,14-19,21-22H2,1H3. The summed E-state index contributed by atoms with van der Waals surface area (Å²) in [6.45, 7) is 4.19. The van der Waals surface area contributed by atoms with Gasteiger partial charge >= 0.3 is 0 Å². The Morgan fingerprint density at radius 3 is 2.62 bits per heavy atom. The van der Waals surface area contributed by atoms with Gasteiger partial charge in [0.2, 0.25) is 10.0 Å². The minimum Gasteiger partial charge on any atom is -0.305 e. The molecule has 2 atom stereocenters. The van der Waals surface area contributed by atoms with Gasteiger partial charge in [-0.2, -0.15) is 4.31 Å². The van der Waals surface area contributed by atoms with E-state index in [1.165, 1.54) is 36.8 Å². The average molecular weight is 566 g/mol. The molecule has 0 N–H and O–H groups in total. The molecule has 1 saturated heterocycles. The highest BCUT2D eigenvalue weighted by Gasteiger charge is 2.36. The van der Waals surface area contributed by atoms with E-state index in [-0.39, 0.29) is 0 Å². The third-order valence-corrected chi connectivity index (χ3v) is 11.8. The van der Waals surface area contributed by atoms with Crippen molar-refractivity contribution in [2.45, 2.75) is 61.5 Å². The zero-order valence-corrected chi connectivity index (χ0v) is 24.5. The van der Waals surface area contributed by atoms with Gasteiger partial charge in [0.15, 0.2) is 11.0 Å². The quantitative estimate of drug-likeness (QED) is 0.275. The van der Waals surface area contributed by atoms with Crippen LogP contribution in [0.25, 0.3) is 11.4 Å². The molecule has 39 heavy (non-hydrogen) atoms. The number of fused-ring (bicyclic) bond motifs is 2. The lowest BCUT2D eigenvalue weighted by Crippen LogP contribution is -2.44. The predicted molar refractivity (Wildman–Crippen MR) is 156 cm³/mol. The van der Waals surface area contributed by atoms with Crippen LogP contribution in [0.2, 0.25) is 0 Å². The molecule has 2 aliphatic heterocycles. The van der Waals surface area contributed by atoms with E-state index in [9.17, 15) is 8.42 Å². The number of piperidine rings is 1. The number of hydrogen-bond acceptors (Lipinski definition) is 6. The minimum atomic E-state index is -3.44. The van der Waals surface area contributed by atoms with Gasteiger partial charge in [0, 0.05) is 44.5 Å². The smallest absolute Gasteiger partial charge is 0.243 e. The largest absolute Gasteiger partial charge is 0.305 e. The van der Waals surface area contributed by atoms with Crippen LogP contribution in [0.4, 0.5) is 0 Å². The maximum Gasteiger partial charge on any atom is 0.243 e. The second kappa shape index (κ2) is 11.7. The number of nitrogens with zero attached hydrogens (tertiary/aromatic N) is 5. The van der Waals surface area contributed by atoms with Crippen LogP contribution in [0.15, 0.2) is 58.6 Å². The summed E-state index contributed by atoms with van der Waals surface area (Å²) >= 11 is 1.74. The van der Waals surface area contributed by atoms with Crippen molar-refractivity contribution in [2.75, 3.05) is 31.9 Å². The first-order valence-corrected chi connectivity index (χ1v) is 16.8. The number of rotatable bonds is 8.